The highest BCUT2D eigenvalue weighted by Gasteiger charge is 2.45. The van der Waals surface area contributed by atoms with Crippen molar-refractivity contribution in [1.29, 1.82) is 5.26 Å². The second-order valence-corrected chi connectivity index (χ2v) is 19.7. The number of rotatable bonds is 24. The highest BCUT2D eigenvalue weighted by atomic mass is 31.2. The predicted octanol–water partition coefficient (Wildman–Crippen LogP) is 10.1. The van der Waals surface area contributed by atoms with Crippen LogP contribution in [0.15, 0.2) is 116 Å². The van der Waals surface area contributed by atoms with Gasteiger partial charge in [0.2, 0.25) is 5.91 Å². The van der Waals surface area contributed by atoms with Crippen molar-refractivity contribution in [3.63, 3.8) is 0 Å². The number of hydrogen-bond acceptors (Lipinski definition) is 13. The minimum absolute atomic E-state index is 0.00263. The summed E-state index contributed by atoms with van der Waals surface area (Å²) < 4.78 is 43.1. The van der Waals surface area contributed by atoms with E-state index in [0.29, 0.717) is 53.5 Å². The Bertz CT molecular complexity index is 2640. The summed E-state index contributed by atoms with van der Waals surface area (Å²) >= 11 is 0. The largest absolute Gasteiger partial charge is 0.497 e. The van der Waals surface area contributed by atoms with Crippen molar-refractivity contribution in [2.24, 2.45) is 5.92 Å². The van der Waals surface area contributed by atoms with Gasteiger partial charge in [-0.3, -0.25) is 14.2 Å². The lowest BCUT2D eigenvalue weighted by Gasteiger charge is -2.39. The van der Waals surface area contributed by atoms with Gasteiger partial charge in [0.1, 0.15) is 35.8 Å². The molecule has 1 saturated heterocycles. The molecule has 4 atom stereocenters. The van der Waals surface area contributed by atoms with E-state index < -0.39 is 32.6 Å². The van der Waals surface area contributed by atoms with Crippen LogP contribution in [-0.2, 0) is 35.5 Å². The number of fused-ring (bicyclic) bond motifs is 1. The SMILES string of the molecule is COc1ccc(C(OCC2OC(n3cnc4c(NC(=O)c5ccc(CNC(=O)CCC(C)C)cc5)ncnc43)CC2OP(OCCC#N)N(C(C)C)C(C)C)(c2ccccc2)c2ccc(OC)cc2)cc1. The van der Waals surface area contributed by atoms with Crippen molar-refractivity contribution in [3.05, 3.63) is 144 Å². The number of carbonyl (C=O) groups is 2. The molecule has 0 radical (unpaired) electrons. The molecule has 2 aromatic heterocycles. The molecule has 7 rings (SSSR count). The van der Waals surface area contributed by atoms with E-state index in [2.05, 4.69) is 72.9 Å². The van der Waals surface area contributed by atoms with E-state index in [4.69, 9.17) is 33.0 Å². The average Bonchev–Trinajstić information content (AvgIpc) is 4.00. The molecule has 71 heavy (non-hydrogen) atoms. The summed E-state index contributed by atoms with van der Waals surface area (Å²) in [5, 5.41) is 15.4. The van der Waals surface area contributed by atoms with E-state index in [9.17, 15) is 14.9 Å². The molecule has 0 bridgehead atoms. The Hall–Kier alpha value is -6.31. The molecule has 0 saturated carbocycles. The van der Waals surface area contributed by atoms with Gasteiger partial charge in [-0.2, -0.15) is 5.26 Å². The molecule has 2 N–H and O–H groups in total. The van der Waals surface area contributed by atoms with Crippen molar-refractivity contribution >= 4 is 37.3 Å². The third kappa shape index (κ3) is 12.8. The third-order valence-electron chi connectivity index (χ3n) is 12.3. The first-order chi connectivity index (χ1) is 34.3. The quantitative estimate of drug-likeness (QED) is 0.0332. The second-order valence-electron chi connectivity index (χ2n) is 18.3. The second kappa shape index (κ2) is 24.7. The van der Waals surface area contributed by atoms with Crippen LogP contribution in [0, 0.1) is 17.2 Å². The zero-order valence-corrected chi connectivity index (χ0v) is 42.7. The molecule has 1 aliphatic rings. The summed E-state index contributed by atoms with van der Waals surface area (Å²) in [5.41, 5.74) is 3.56. The predicted molar refractivity (Wildman–Crippen MR) is 273 cm³/mol. The van der Waals surface area contributed by atoms with Gasteiger partial charge in [0.05, 0.1) is 52.4 Å². The minimum Gasteiger partial charge on any atom is -0.497 e. The highest BCUT2D eigenvalue weighted by Crippen LogP contribution is 2.51. The fraction of sp³-hybridized carbons (Fsp3) is 0.407. The van der Waals surface area contributed by atoms with E-state index in [1.54, 1.807) is 32.7 Å². The Kier molecular flexibility index (Phi) is 18.3. The highest BCUT2D eigenvalue weighted by molar-refractivity contribution is 7.44. The number of carbonyl (C=O) groups excluding carboxylic acids is 2. The van der Waals surface area contributed by atoms with Gasteiger partial charge in [-0.05, 0) is 98.7 Å². The molecular formula is C54H65N8O8P. The first kappa shape index (κ1) is 52.5. The number of nitriles is 1. The summed E-state index contributed by atoms with van der Waals surface area (Å²) in [5.74, 6) is 1.70. The van der Waals surface area contributed by atoms with Crippen LogP contribution in [0.1, 0.15) is 106 Å². The van der Waals surface area contributed by atoms with Gasteiger partial charge in [0.15, 0.2) is 17.0 Å². The number of methoxy groups -OCH3 is 2. The maximum Gasteiger partial charge on any atom is 0.259 e. The Labute approximate surface area is 418 Å². The van der Waals surface area contributed by atoms with Crippen molar-refractivity contribution in [1.82, 2.24) is 29.5 Å². The van der Waals surface area contributed by atoms with Gasteiger partial charge in [0.25, 0.3) is 14.4 Å². The van der Waals surface area contributed by atoms with E-state index in [-0.39, 0.29) is 49.4 Å². The van der Waals surface area contributed by atoms with E-state index in [1.165, 1.54) is 6.33 Å². The zero-order chi connectivity index (χ0) is 50.5. The van der Waals surface area contributed by atoms with E-state index >= 15 is 0 Å². The first-order valence-electron chi connectivity index (χ1n) is 24.1. The van der Waals surface area contributed by atoms with Crippen LogP contribution in [0.5, 0.6) is 11.5 Å². The van der Waals surface area contributed by atoms with Gasteiger partial charge in [-0.25, -0.2) is 19.6 Å². The third-order valence-corrected chi connectivity index (χ3v) is 14.4. The summed E-state index contributed by atoms with van der Waals surface area (Å²) in [6.07, 6.45) is 2.97. The lowest BCUT2D eigenvalue weighted by molar-refractivity contribution is -0.121. The number of nitrogens with zero attached hydrogens (tertiary/aromatic N) is 6. The number of imidazole rings is 1. The molecule has 0 aliphatic carbocycles. The Morgan fingerprint density at radius 1 is 0.859 bits per heavy atom. The Morgan fingerprint density at radius 3 is 2.08 bits per heavy atom. The number of anilines is 1. The number of amides is 2. The van der Waals surface area contributed by atoms with Gasteiger partial charge in [0, 0.05) is 37.0 Å². The number of hydrogen-bond donors (Lipinski definition) is 2. The van der Waals surface area contributed by atoms with Crippen LogP contribution < -0.4 is 20.1 Å². The standard InChI is InChI=1S/C54H65N8O8P/c1-36(2)15-28-48(63)56-32-39-16-18-40(19-17-39)53(64)60-51-50-52(58-34-57-51)61(35-59-50)49-31-46(70-71(68-30-12-29-55)62(37(3)4)38(5)6)47(69-49)33-67-54(41-13-10-9-11-14-41,42-20-24-44(65-7)25-21-42)43-22-26-45(66-8)27-23-43/h9-11,13-14,16-27,34-38,46-47,49H,12,15,28,30-33H2,1-8H3,(H,56,63)(H,57,58,60,64). The van der Waals surface area contributed by atoms with Crippen LogP contribution in [0.25, 0.3) is 11.2 Å². The number of ether oxygens (including phenoxy) is 4. The fourth-order valence-corrected chi connectivity index (χ4v) is 10.4. The maximum atomic E-state index is 13.6. The average molecular weight is 985 g/mol. The molecular weight excluding hydrogens is 920 g/mol. The molecule has 374 valence electrons. The van der Waals surface area contributed by atoms with Crippen molar-refractivity contribution in [2.75, 3.05) is 32.8 Å². The number of nitrogens with one attached hydrogen (secondary N) is 2. The molecule has 2 amide bonds. The molecule has 1 fully saturated rings. The Balaban J connectivity index is 1.20. The molecule has 4 unspecified atom stereocenters. The molecule has 4 aromatic carbocycles. The van der Waals surface area contributed by atoms with Gasteiger partial charge >= 0.3 is 0 Å². The number of aromatic nitrogens is 4. The van der Waals surface area contributed by atoms with Crippen LogP contribution in [-0.4, -0.2) is 87.7 Å². The first-order valence-corrected chi connectivity index (χ1v) is 25.2. The topological polar surface area (TPSA) is 184 Å². The maximum absolute atomic E-state index is 13.6. The Morgan fingerprint density at radius 2 is 1.49 bits per heavy atom. The van der Waals surface area contributed by atoms with Crippen molar-refractivity contribution in [2.45, 2.75) is 110 Å². The van der Waals surface area contributed by atoms with E-state index in [1.807, 2.05) is 95.6 Å². The van der Waals surface area contributed by atoms with E-state index in [0.717, 1.165) is 28.7 Å². The fourth-order valence-electron chi connectivity index (χ4n) is 8.64. The summed E-state index contributed by atoms with van der Waals surface area (Å²) in [7, 11) is 1.58. The molecule has 1 aliphatic heterocycles. The lowest BCUT2D eigenvalue weighted by Crippen LogP contribution is -2.39. The molecule has 0 spiro atoms. The molecule has 6 aromatic rings. The number of benzene rings is 4. The molecule has 17 heteroatoms. The van der Waals surface area contributed by atoms with Crippen LogP contribution in [0.4, 0.5) is 5.82 Å². The molecule has 16 nitrogen and oxygen atoms in total. The van der Waals surface area contributed by atoms with Gasteiger partial charge < -0.3 is 38.6 Å². The molecule has 3 heterocycles. The van der Waals surface area contributed by atoms with Crippen molar-refractivity contribution in [3.8, 4) is 17.6 Å². The van der Waals surface area contributed by atoms with Crippen molar-refractivity contribution < 1.29 is 37.6 Å². The van der Waals surface area contributed by atoms with Crippen LogP contribution in [0.2, 0.25) is 0 Å². The summed E-state index contributed by atoms with van der Waals surface area (Å²) in [4.78, 5) is 39.7. The smallest absolute Gasteiger partial charge is 0.259 e. The van der Waals surface area contributed by atoms with Gasteiger partial charge in [-0.15, -0.1) is 0 Å². The summed E-state index contributed by atoms with van der Waals surface area (Å²) in [6.45, 7) is 13.2. The normalized spacial score (nSPS) is 16.4. The monoisotopic (exact) mass is 984 g/mol. The summed E-state index contributed by atoms with van der Waals surface area (Å²) in [6, 6.07) is 35.1. The van der Waals surface area contributed by atoms with Gasteiger partial charge in [-0.1, -0.05) is 80.6 Å². The van der Waals surface area contributed by atoms with Crippen LogP contribution in [0.3, 0.4) is 0 Å². The van der Waals surface area contributed by atoms with Crippen LogP contribution >= 0.6 is 8.53 Å². The lowest BCUT2D eigenvalue weighted by atomic mass is 9.80. The minimum atomic E-state index is -1.69. The zero-order valence-electron chi connectivity index (χ0n) is 41.8.